The molecule has 0 spiro atoms. The van der Waals surface area contributed by atoms with Crippen LogP contribution < -0.4 is 0 Å². The molecule has 1 rings (SSSR count). The van der Waals surface area contributed by atoms with Crippen LogP contribution in [0.25, 0.3) is 0 Å². The molecule has 0 radical (unpaired) electrons. The lowest BCUT2D eigenvalue weighted by Gasteiger charge is -2.18. The maximum Gasteiger partial charge on any atom is 0.306 e. The van der Waals surface area contributed by atoms with Crippen molar-refractivity contribution in [2.24, 2.45) is 0 Å². The standard InChI is InChI=1S/C39H68O6/c1-2-3-4-5-6-7-8-9-10-15-18-21-24-27-30-33-39(42)45-36-34-43-37(40)31-28-25-22-19-16-13-11-12-14-17-20-23-26-29-32-38(41)44-35-36/h9-12,36H,2-8,13-35H2,1H3. The molecule has 0 N–H and O–H groups in total. The molecule has 0 bridgehead atoms. The van der Waals surface area contributed by atoms with E-state index < -0.39 is 6.10 Å². The monoisotopic (exact) mass is 633 g/mol. The minimum Gasteiger partial charge on any atom is -0.462 e. The number of ether oxygens (including phenoxy) is 3. The van der Waals surface area contributed by atoms with Crippen LogP contribution in [0.3, 0.4) is 0 Å². The molecule has 260 valence electrons. The van der Waals surface area contributed by atoms with Crippen LogP contribution in [0, 0.1) is 0 Å². The Labute approximate surface area is 276 Å². The lowest BCUT2D eigenvalue weighted by atomic mass is 10.1. The molecule has 0 unspecified atom stereocenters. The maximum absolute atomic E-state index is 12.6. The van der Waals surface area contributed by atoms with Gasteiger partial charge in [-0.15, -0.1) is 0 Å². The Morgan fingerprint density at radius 1 is 0.644 bits per heavy atom. The molecule has 1 heterocycles. The van der Waals surface area contributed by atoms with Crippen LogP contribution in [0.2, 0.25) is 0 Å². The molecule has 0 aliphatic carbocycles. The first-order valence-corrected chi connectivity index (χ1v) is 18.9. The zero-order valence-corrected chi connectivity index (χ0v) is 29.0. The number of carbonyl (C=O) groups excluding carboxylic acids is 3. The third-order valence-corrected chi connectivity index (χ3v) is 8.47. The normalized spacial score (nSPS) is 18.0. The van der Waals surface area contributed by atoms with Crippen LogP contribution in [-0.4, -0.2) is 37.2 Å². The van der Waals surface area contributed by atoms with Crippen molar-refractivity contribution in [2.45, 2.75) is 193 Å². The summed E-state index contributed by atoms with van der Waals surface area (Å²) in [6, 6.07) is 0. The van der Waals surface area contributed by atoms with Gasteiger partial charge in [0.15, 0.2) is 6.10 Å². The van der Waals surface area contributed by atoms with Crippen molar-refractivity contribution in [1.82, 2.24) is 0 Å². The molecule has 0 fully saturated rings. The predicted molar refractivity (Wildman–Crippen MR) is 185 cm³/mol. The summed E-state index contributed by atoms with van der Waals surface area (Å²) in [6.07, 6.45) is 38.0. The molecule has 0 saturated heterocycles. The smallest absolute Gasteiger partial charge is 0.306 e. The van der Waals surface area contributed by atoms with Gasteiger partial charge >= 0.3 is 17.9 Å². The summed E-state index contributed by atoms with van der Waals surface area (Å²) in [6.45, 7) is 2.11. The number of hydrogen-bond donors (Lipinski definition) is 0. The van der Waals surface area contributed by atoms with E-state index in [0.29, 0.717) is 19.3 Å². The second-order valence-corrected chi connectivity index (χ2v) is 12.9. The predicted octanol–water partition coefficient (Wildman–Crippen LogP) is 11.1. The van der Waals surface area contributed by atoms with E-state index in [1.54, 1.807) is 0 Å². The highest BCUT2D eigenvalue weighted by Gasteiger charge is 2.19. The molecule has 0 aromatic rings. The fraction of sp³-hybridized carbons (Fsp3) is 0.821. The fourth-order valence-corrected chi connectivity index (χ4v) is 5.58. The van der Waals surface area contributed by atoms with Crippen molar-refractivity contribution in [2.75, 3.05) is 13.2 Å². The number of hydrogen-bond acceptors (Lipinski definition) is 6. The second kappa shape index (κ2) is 31.9. The van der Waals surface area contributed by atoms with Gasteiger partial charge in [-0.1, -0.05) is 121 Å². The van der Waals surface area contributed by atoms with Crippen LogP contribution in [0.5, 0.6) is 0 Å². The number of esters is 3. The number of unbranched alkanes of at least 4 members (excludes halogenated alkanes) is 11. The number of carbonyl (C=O) groups is 3. The van der Waals surface area contributed by atoms with E-state index in [-0.39, 0.29) is 31.1 Å². The number of allylic oxidation sites excluding steroid dienone is 4. The molecule has 0 amide bonds. The molecular weight excluding hydrogens is 564 g/mol. The summed E-state index contributed by atoms with van der Waals surface area (Å²) in [5.74, 6) is -0.904. The third kappa shape index (κ3) is 29.1. The molecule has 0 aromatic heterocycles. The minimum absolute atomic E-state index is 0.0729. The van der Waals surface area contributed by atoms with Crippen molar-refractivity contribution < 1.29 is 28.6 Å². The highest BCUT2D eigenvalue weighted by Crippen LogP contribution is 2.13. The van der Waals surface area contributed by atoms with Crippen molar-refractivity contribution in [3.8, 4) is 0 Å². The van der Waals surface area contributed by atoms with E-state index in [0.717, 1.165) is 77.0 Å². The average Bonchev–Trinajstić information content (AvgIpc) is 3.03. The molecule has 0 aromatic carbocycles. The summed E-state index contributed by atoms with van der Waals surface area (Å²) < 4.78 is 16.5. The van der Waals surface area contributed by atoms with Gasteiger partial charge in [0.05, 0.1) is 0 Å². The van der Waals surface area contributed by atoms with Gasteiger partial charge in [0.25, 0.3) is 0 Å². The first-order valence-electron chi connectivity index (χ1n) is 18.9. The highest BCUT2D eigenvalue weighted by molar-refractivity contribution is 5.71. The zero-order chi connectivity index (χ0) is 32.5. The van der Waals surface area contributed by atoms with Gasteiger partial charge in [0.1, 0.15) is 13.2 Å². The largest absolute Gasteiger partial charge is 0.462 e. The van der Waals surface area contributed by atoms with Gasteiger partial charge in [0.2, 0.25) is 0 Å². The van der Waals surface area contributed by atoms with Crippen LogP contribution >= 0.6 is 0 Å². The molecule has 0 saturated carbocycles. The highest BCUT2D eigenvalue weighted by atomic mass is 16.6. The summed E-state index contributed by atoms with van der Waals surface area (Å²) in [4.78, 5) is 37.2. The van der Waals surface area contributed by atoms with Gasteiger partial charge in [-0.25, -0.2) is 0 Å². The summed E-state index contributed by atoms with van der Waals surface area (Å²) in [7, 11) is 0. The Kier molecular flexibility index (Phi) is 29.0. The molecule has 45 heavy (non-hydrogen) atoms. The van der Waals surface area contributed by atoms with Crippen molar-refractivity contribution in [1.29, 1.82) is 0 Å². The topological polar surface area (TPSA) is 78.9 Å². The van der Waals surface area contributed by atoms with E-state index in [2.05, 4.69) is 31.2 Å². The van der Waals surface area contributed by atoms with Gasteiger partial charge in [-0.3, -0.25) is 14.4 Å². The first-order chi connectivity index (χ1) is 22.1. The van der Waals surface area contributed by atoms with E-state index in [9.17, 15) is 14.4 Å². The van der Waals surface area contributed by atoms with E-state index in [4.69, 9.17) is 14.2 Å². The van der Waals surface area contributed by atoms with Crippen LogP contribution in [-0.2, 0) is 28.6 Å². The van der Waals surface area contributed by atoms with E-state index in [1.807, 2.05) is 0 Å². The van der Waals surface area contributed by atoms with Crippen molar-refractivity contribution in [3.05, 3.63) is 24.3 Å². The third-order valence-electron chi connectivity index (χ3n) is 8.47. The van der Waals surface area contributed by atoms with Gasteiger partial charge in [-0.2, -0.15) is 0 Å². The Balaban J connectivity index is 2.30. The molecular formula is C39H68O6. The zero-order valence-electron chi connectivity index (χ0n) is 29.0. The van der Waals surface area contributed by atoms with Gasteiger partial charge < -0.3 is 14.2 Å². The van der Waals surface area contributed by atoms with Crippen LogP contribution in [0.15, 0.2) is 24.3 Å². The lowest BCUT2D eigenvalue weighted by Crippen LogP contribution is -2.30. The van der Waals surface area contributed by atoms with E-state index in [1.165, 1.54) is 83.5 Å². The molecule has 6 heteroatoms. The Morgan fingerprint density at radius 2 is 1.09 bits per heavy atom. The SMILES string of the molecule is CCCCCCCCC=CCCCCCCCC(=O)OC1COC(=O)CCCCCCCC=CCCCCCCCC(=O)OC1. The fourth-order valence-electron chi connectivity index (χ4n) is 5.58. The Morgan fingerprint density at radius 3 is 1.62 bits per heavy atom. The minimum atomic E-state index is -0.761. The molecule has 1 aliphatic rings. The summed E-state index contributed by atoms with van der Waals surface area (Å²) in [5.41, 5.74) is 0. The lowest BCUT2D eigenvalue weighted by molar-refractivity contribution is -0.167. The Hall–Kier alpha value is -2.11. The van der Waals surface area contributed by atoms with Gasteiger partial charge in [-0.05, 0) is 70.6 Å². The van der Waals surface area contributed by atoms with Crippen LogP contribution in [0.1, 0.15) is 187 Å². The van der Waals surface area contributed by atoms with E-state index >= 15 is 0 Å². The number of cyclic esters (lactones) is 2. The molecule has 6 nitrogen and oxygen atoms in total. The summed E-state index contributed by atoms with van der Waals surface area (Å²) in [5, 5.41) is 0. The van der Waals surface area contributed by atoms with Crippen LogP contribution in [0.4, 0.5) is 0 Å². The Bertz CT molecular complexity index is 737. The first kappa shape index (κ1) is 40.9. The maximum atomic E-state index is 12.6. The van der Waals surface area contributed by atoms with Gasteiger partial charge in [0, 0.05) is 19.3 Å². The molecule has 1 aliphatic heterocycles. The number of rotatable bonds is 16. The van der Waals surface area contributed by atoms with Crippen molar-refractivity contribution in [3.63, 3.8) is 0 Å². The average molecular weight is 633 g/mol. The second-order valence-electron chi connectivity index (χ2n) is 12.9. The molecule has 0 atom stereocenters. The quantitative estimate of drug-likeness (QED) is 0.0729. The summed E-state index contributed by atoms with van der Waals surface area (Å²) >= 11 is 0. The van der Waals surface area contributed by atoms with Crippen molar-refractivity contribution >= 4 is 17.9 Å².